The van der Waals surface area contributed by atoms with Crippen molar-refractivity contribution in [1.82, 2.24) is 18.9 Å². The van der Waals surface area contributed by atoms with Gasteiger partial charge in [-0.25, -0.2) is 9.97 Å². The van der Waals surface area contributed by atoms with Crippen molar-refractivity contribution in [2.75, 3.05) is 0 Å². The summed E-state index contributed by atoms with van der Waals surface area (Å²) in [6.07, 6.45) is 0. The lowest BCUT2D eigenvalue weighted by atomic mass is 10.0. The van der Waals surface area contributed by atoms with Gasteiger partial charge < -0.3 is 4.40 Å². The van der Waals surface area contributed by atoms with Crippen LogP contribution in [0.15, 0.2) is 170 Å². The van der Waals surface area contributed by atoms with Gasteiger partial charge in [0, 0.05) is 53.4 Å². The molecule has 0 aliphatic carbocycles. The molecule has 0 unspecified atom stereocenters. The Morgan fingerprint density at radius 2 is 1.07 bits per heavy atom. The highest BCUT2D eigenvalue weighted by molar-refractivity contribution is 7.26. The minimum absolute atomic E-state index is 0.678. The van der Waals surface area contributed by atoms with E-state index in [2.05, 4.69) is 179 Å². The highest BCUT2D eigenvalue weighted by Crippen LogP contribution is 2.48. The molecule has 8 aromatic carbocycles. The molecule has 0 aliphatic rings. The molecule has 4 nitrogen and oxygen atoms in total. The Balaban J connectivity index is 1.19. The second kappa shape index (κ2) is 10.8. The van der Waals surface area contributed by atoms with Crippen LogP contribution < -0.4 is 0 Å². The third-order valence-electron chi connectivity index (χ3n) is 11.7. The number of benzene rings is 8. The molecule has 0 radical (unpaired) electrons. The summed E-state index contributed by atoms with van der Waals surface area (Å²) in [5.74, 6) is 0.678. The monoisotopic (exact) mass is 716 g/mol. The highest BCUT2D eigenvalue weighted by Gasteiger charge is 2.26. The fourth-order valence-electron chi connectivity index (χ4n) is 9.29. The van der Waals surface area contributed by atoms with Crippen LogP contribution in [-0.4, -0.2) is 18.9 Å². The van der Waals surface area contributed by atoms with Crippen molar-refractivity contribution in [3.8, 4) is 28.3 Å². The molecule has 5 heterocycles. The van der Waals surface area contributed by atoms with Gasteiger partial charge in [0.15, 0.2) is 0 Å². The van der Waals surface area contributed by atoms with Crippen LogP contribution >= 0.6 is 11.3 Å². The Hall–Kier alpha value is -7.08. The Kier molecular flexibility index (Phi) is 5.74. The fraction of sp³-hybridized carbons (Fsp3) is 0. The van der Waals surface area contributed by atoms with E-state index in [1.165, 1.54) is 75.5 Å². The summed E-state index contributed by atoms with van der Waals surface area (Å²) in [6, 6.07) is 61.4. The maximum Gasteiger partial charge on any atom is 0.235 e. The maximum absolute atomic E-state index is 5.58. The number of aromatic nitrogens is 4. The summed E-state index contributed by atoms with van der Waals surface area (Å²) >= 11 is 1.77. The van der Waals surface area contributed by atoms with E-state index in [1.54, 1.807) is 11.3 Å². The Labute approximate surface area is 318 Å². The van der Waals surface area contributed by atoms with Gasteiger partial charge >= 0.3 is 0 Å². The molecule has 0 bridgehead atoms. The van der Waals surface area contributed by atoms with Gasteiger partial charge in [0.05, 0.1) is 43.5 Å². The van der Waals surface area contributed by atoms with E-state index < -0.39 is 0 Å². The van der Waals surface area contributed by atoms with Crippen molar-refractivity contribution in [2.45, 2.75) is 0 Å². The molecule has 13 rings (SSSR count). The normalized spacial score (nSPS) is 12.4. The zero-order chi connectivity index (χ0) is 35.8. The molecule has 0 N–H and O–H groups in total. The molecule has 0 amide bonds. The molecular weight excluding hydrogens is 689 g/mol. The standard InChI is InChI=1S/C50H28N4S/c1-2-12-29(13-3-1)30-22-24-32(25-23-30)44-49-45(37-18-8-11-21-42(37)55-49)52-50(51-44)54-40-19-9-6-16-34(40)38-28-39-35-27-26-31-14-4-5-15-33(31)46(35)53-41-20-10-7-17-36(41)43(47(39)53)48(38)54/h1-28H. The lowest BCUT2D eigenvalue weighted by molar-refractivity contribution is 1.02. The summed E-state index contributed by atoms with van der Waals surface area (Å²) in [7, 11) is 0. The Morgan fingerprint density at radius 1 is 0.418 bits per heavy atom. The molecule has 0 saturated carbocycles. The predicted molar refractivity (Wildman–Crippen MR) is 232 cm³/mol. The number of rotatable bonds is 3. The van der Waals surface area contributed by atoms with Crippen LogP contribution in [0.2, 0.25) is 0 Å². The minimum Gasteiger partial charge on any atom is -0.307 e. The number of nitrogens with zero attached hydrogens (tertiary/aromatic N) is 4. The molecule has 0 spiro atoms. The molecular formula is C50H28N4S. The molecule has 254 valence electrons. The fourth-order valence-corrected chi connectivity index (χ4v) is 10.4. The van der Waals surface area contributed by atoms with Crippen LogP contribution in [0.3, 0.4) is 0 Å². The van der Waals surface area contributed by atoms with Crippen LogP contribution in [0, 0.1) is 0 Å². The number of para-hydroxylation sites is 2. The maximum atomic E-state index is 5.58. The van der Waals surface area contributed by atoms with Gasteiger partial charge in [-0.1, -0.05) is 146 Å². The average molecular weight is 717 g/mol. The van der Waals surface area contributed by atoms with E-state index in [1.807, 2.05) is 0 Å². The molecule has 0 fully saturated rings. The summed E-state index contributed by atoms with van der Waals surface area (Å²) < 4.78 is 7.16. The first kappa shape index (κ1) is 29.4. The van der Waals surface area contributed by atoms with Gasteiger partial charge in [0.25, 0.3) is 0 Å². The second-order valence-electron chi connectivity index (χ2n) is 14.5. The zero-order valence-electron chi connectivity index (χ0n) is 29.4. The lowest BCUT2D eigenvalue weighted by Gasteiger charge is -2.11. The number of thiophene rings is 1. The van der Waals surface area contributed by atoms with Crippen LogP contribution in [0.25, 0.3) is 119 Å². The molecule has 13 aromatic rings. The van der Waals surface area contributed by atoms with Gasteiger partial charge in [-0.15, -0.1) is 11.3 Å². The van der Waals surface area contributed by atoms with E-state index in [-0.39, 0.29) is 0 Å². The zero-order valence-corrected chi connectivity index (χ0v) is 30.2. The van der Waals surface area contributed by atoms with Crippen LogP contribution in [0.5, 0.6) is 0 Å². The summed E-state index contributed by atoms with van der Waals surface area (Å²) in [5.41, 5.74) is 11.3. The lowest BCUT2D eigenvalue weighted by Crippen LogP contribution is -2.03. The first-order valence-corrected chi connectivity index (χ1v) is 19.5. The van der Waals surface area contributed by atoms with Crippen molar-refractivity contribution >= 4 is 102 Å². The van der Waals surface area contributed by atoms with Crippen LogP contribution in [0.4, 0.5) is 0 Å². The average Bonchev–Trinajstić information content (AvgIpc) is 3.99. The predicted octanol–water partition coefficient (Wildman–Crippen LogP) is 13.6. The van der Waals surface area contributed by atoms with E-state index in [0.717, 1.165) is 37.9 Å². The minimum atomic E-state index is 0.678. The third kappa shape index (κ3) is 3.89. The van der Waals surface area contributed by atoms with Crippen molar-refractivity contribution in [3.63, 3.8) is 0 Å². The van der Waals surface area contributed by atoms with E-state index in [0.29, 0.717) is 5.95 Å². The van der Waals surface area contributed by atoms with Crippen molar-refractivity contribution < 1.29 is 0 Å². The van der Waals surface area contributed by atoms with Crippen LogP contribution in [0.1, 0.15) is 0 Å². The molecule has 0 atom stereocenters. The van der Waals surface area contributed by atoms with E-state index >= 15 is 0 Å². The summed E-state index contributed by atoms with van der Waals surface area (Å²) in [4.78, 5) is 11.1. The molecule has 0 saturated heterocycles. The Morgan fingerprint density at radius 3 is 1.93 bits per heavy atom. The van der Waals surface area contributed by atoms with Gasteiger partial charge in [-0.2, -0.15) is 0 Å². The third-order valence-corrected chi connectivity index (χ3v) is 12.8. The van der Waals surface area contributed by atoms with Crippen molar-refractivity contribution in [3.05, 3.63) is 170 Å². The first-order chi connectivity index (χ1) is 27.3. The first-order valence-electron chi connectivity index (χ1n) is 18.7. The number of fused-ring (bicyclic) bond motifs is 15. The van der Waals surface area contributed by atoms with Gasteiger partial charge in [0.1, 0.15) is 0 Å². The van der Waals surface area contributed by atoms with Crippen molar-refractivity contribution in [1.29, 1.82) is 0 Å². The quantitative estimate of drug-likeness (QED) is 0.182. The Bertz CT molecular complexity index is 3700. The van der Waals surface area contributed by atoms with Crippen molar-refractivity contribution in [2.24, 2.45) is 0 Å². The summed E-state index contributed by atoms with van der Waals surface area (Å²) in [6.45, 7) is 0. The van der Waals surface area contributed by atoms with Gasteiger partial charge in [-0.3, -0.25) is 4.57 Å². The van der Waals surface area contributed by atoms with E-state index in [9.17, 15) is 0 Å². The highest BCUT2D eigenvalue weighted by atomic mass is 32.1. The summed E-state index contributed by atoms with van der Waals surface area (Å²) in [5, 5.41) is 11.0. The SMILES string of the molecule is c1ccc(-c2ccc(-c3nc(-n4c5ccccc5c5cc6c7ccc8ccccc8c7n7c8ccccc8c(c54)c67)nc4c3sc3ccccc34)cc2)cc1. The number of hydrogen-bond acceptors (Lipinski definition) is 3. The van der Waals surface area contributed by atoms with Crippen LogP contribution in [-0.2, 0) is 0 Å². The topological polar surface area (TPSA) is 35.1 Å². The number of hydrogen-bond donors (Lipinski definition) is 0. The molecule has 5 aromatic heterocycles. The van der Waals surface area contributed by atoms with Gasteiger partial charge in [-0.05, 0) is 40.8 Å². The molecule has 5 heteroatoms. The second-order valence-corrected chi connectivity index (χ2v) is 15.6. The molecule has 0 aliphatic heterocycles. The smallest absolute Gasteiger partial charge is 0.235 e. The molecule has 55 heavy (non-hydrogen) atoms. The van der Waals surface area contributed by atoms with Gasteiger partial charge in [0.2, 0.25) is 5.95 Å². The largest absolute Gasteiger partial charge is 0.307 e. The van der Waals surface area contributed by atoms with E-state index in [4.69, 9.17) is 9.97 Å².